The molecule has 1 unspecified atom stereocenters. The van der Waals surface area contributed by atoms with Crippen LogP contribution in [-0.2, 0) is 22.4 Å². The maximum atomic E-state index is 13.2. The first-order valence-corrected chi connectivity index (χ1v) is 9.20. The van der Waals surface area contributed by atoms with Gasteiger partial charge < -0.3 is 10.5 Å². The number of carbonyl (C=O) groups is 1. The van der Waals surface area contributed by atoms with E-state index in [1.54, 1.807) is 12.1 Å². The predicted octanol–water partition coefficient (Wildman–Crippen LogP) is 4.29. The van der Waals surface area contributed by atoms with Gasteiger partial charge in [0.05, 0.1) is 18.0 Å². The Hall–Kier alpha value is -2.95. The van der Waals surface area contributed by atoms with E-state index in [-0.39, 0.29) is 17.7 Å². The number of hydrogen-bond acceptors (Lipinski definition) is 4. The molecule has 0 saturated heterocycles. The average molecular weight is 364 g/mol. The predicted molar refractivity (Wildman–Crippen MR) is 104 cm³/mol. The van der Waals surface area contributed by atoms with Crippen LogP contribution in [0.2, 0.25) is 0 Å². The summed E-state index contributed by atoms with van der Waals surface area (Å²) >= 11 is 0. The SMILES string of the molecule is CCOC(=O)C1CCc2nc3cc(-c4ccc(F)cc4)ccc3c(N)c2C1. The van der Waals surface area contributed by atoms with E-state index in [1.165, 1.54) is 12.1 Å². The summed E-state index contributed by atoms with van der Waals surface area (Å²) in [5.74, 6) is -0.570. The first-order chi connectivity index (χ1) is 13.1. The van der Waals surface area contributed by atoms with Crippen LogP contribution in [0.5, 0.6) is 0 Å². The number of anilines is 1. The number of aromatic nitrogens is 1. The molecule has 4 rings (SSSR count). The van der Waals surface area contributed by atoms with Gasteiger partial charge in [0.15, 0.2) is 0 Å². The molecule has 27 heavy (non-hydrogen) atoms. The van der Waals surface area contributed by atoms with Crippen molar-refractivity contribution in [3.8, 4) is 11.1 Å². The lowest BCUT2D eigenvalue weighted by atomic mass is 9.84. The van der Waals surface area contributed by atoms with Gasteiger partial charge in [-0.2, -0.15) is 0 Å². The van der Waals surface area contributed by atoms with Crippen molar-refractivity contribution in [3.63, 3.8) is 0 Å². The number of halogens is 1. The van der Waals surface area contributed by atoms with Crippen molar-refractivity contribution in [2.24, 2.45) is 5.92 Å². The molecule has 0 amide bonds. The Morgan fingerprint density at radius 2 is 1.96 bits per heavy atom. The molecule has 1 aliphatic carbocycles. The molecule has 1 aliphatic rings. The maximum Gasteiger partial charge on any atom is 0.309 e. The normalized spacial score (nSPS) is 16.1. The number of ether oxygens (including phenoxy) is 1. The molecule has 2 N–H and O–H groups in total. The van der Waals surface area contributed by atoms with E-state index in [1.807, 2.05) is 25.1 Å². The molecule has 0 fully saturated rings. The zero-order valence-electron chi connectivity index (χ0n) is 15.2. The fourth-order valence-electron chi connectivity index (χ4n) is 3.76. The van der Waals surface area contributed by atoms with E-state index in [9.17, 15) is 9.18 Å². The first-order valence-electron chi connectivity index (χ1n) is 9.20. The summed E-state index contributed by atoms with van der Waals surface area (Å²) in [4.78, 5) is 16.9. The standard InChI is InChI=1S/C22H21FN2O2/c1-2-27-22(26)15-6-10-19-18(11-15)21(24)17-9-5-14(12-20(17)25-19)13-3-7-16(23)8-4-13/h3-5,7-9,12,15H,2,6,10-11H2,1H3,(H2,24,25). The lowest BCUT2D eigenvalue weighted by Gasteiger charge is -2.24. The average Bonchev–Trinajstić information content (AvgIpc) is 2.68. The van der Waals surface area contributed by atoms with Crippen LogP contribution in [0, 0.1) is 11.7 Å². The van der Waals surface area contributed by atoms with Crippen LogP contribution in [-0.4, -0.2) is 17.6 Å². The van der Waals surface area contributed by atoms with E-state index in [0.29, 0.717) is 25.1 Å². The number of hydrogen-bond donors (Lipinski definition) is 1. The topological polar surface area (TPSA) is 65.2 Å². The van der Waals surface area contributed by atoms with Crippen molar-refractivity contribution in [2.75, 3.05) is 12.3 Å². The molecule has 4 nitrogen and oxygen atoms in total. The summed E-state index contributed by atoms with van der Waals surface area (Å²) < 4.78 is 18.3. The Labute approximate surface area is 157 Å². The monoisotopic (exact) mass is 364 g/mol. The zero-order valence-corrected chi connectivity index (χ0v) is 15.2. The van der Waals surface area contributed by atoms with E-state index in [0.717, 1.165) is 39.7 Å². The Bertz CT molecular complexity index is 1010. The van der Waals surface area contributed by atoms with Gasteiger partial charge in [0, 0.05) is 16.8 Å². The molecule has 1 heterocycles. The van der Waals surface area contributed by atoms with Crippen molar-refractivity contribution in [3.05, 3.63) is 59.5 Å². The summed E-state index contributed by atoms with van der Waals surface area (Å²) in [7, 11) is 0. The van der Waals surface area contributed by atoms with E-state index >= 15 is 0 Å². The molecule has 3 aromatic rings. The van der Waals surface area contributed by atoms with Gasteiger partial charge in [-0.15, -0.1) is 0 Å². The van der Waals surface area contributed by atoms with Crippen LogP contribution in [0.25, 0.3) is 22.0 Å². The molecule has 5 heteroatoms. The Kier molecular flexibility index (Phi) is 4.52. The van der Waals surface area contributed by atoms with Crippen LogP contribution in [0.15, 0.2) is 42.5 Å². The molecule has 2 aromatic carbocycles. The highest BCUT2D eigenvalue weighted by molar-refractivity contribution is 5.95. The number of aryl methyl sites for hydroxylation is 1. The van der Waals surface area contributed by atoms with Crippen molar-refractivity contribution in [1.82, 2.24) is 4.98 Å². The highest BCUT2D eigenvalue weighted by Crippen LogP contribution is 2.35. The van der Waals surface area contributed by atoms with Crippen molar-refractivity contribution < 1.29 is 13.9 Å². The summed E-state index contributed by atoms with van der Waals surface area (Å²) in [5.41, 5.74) is 11.8. The van der Waals surface area contributed by atoms with Crippen molar-refractivity contribution >= 4 is 22.6 Å². The molecule has 0 bridgehead atoms. The van der Waals surface area contributed by atoms with E-state index < -0.39 is 0 Å². The number of fused-ring (bicyclic) bond motifs is 2. The van der Waals surface area contributed by atoms with Gasteiger partial charge >= 0.3 is 5.97 Å². The van der Waals surface area contributed by atoms with Gasteiger partial charge in [0.2, 0.25) is 0 Å². The summed E-state index contributed by atoms with van der Waals surface area (Å²) in [5, 5.41) is 0.879. The fraction of sp³-hybridized carbons (Fsp3) is 0.273. The number of carbonyl (C=O) groups excluding carboxylic acids is 1. The third-order valence-electron chi connectivity index (χ3n) is 5.19. The molecule has 0 saturated carbocycles. The molecule has 1 aromatic heterocycles. The van der Waals surface area contributed by atoms with Crippen molar-refractivity contribution in [1.29, 1.82) is 0 Å². The highest BCUT2D eigenvalue weighted by atomic mass is 19.1. The quantitative estimate of drug-likeness (QED) is 0.704. The maximum absolute atomic E-state index is 13.2. The summed E-state index contributed by atoms with van der Waals surface area (Å²) in [6.45, 7) is 2.20. The van der Waals surface area contributed by atoms with Crippen LogP contribution in [0.4, 0.5) is 10.1 Å². The number of pyridine rings is 1. The second-order valence-corrected chi connectivity index (χ2v) is 6.88. The first kappa shape index (κ1) is 17.5. The minimum atomic E-state index is -0.257. The van der Waals surface area contributed by atoms with Gasteiger partial charge in [-0.3, -0.25) is 9.78 Å². The molecule has 138 valence electrons. The number of benzene rings is 2. The minimum Gasteiger partial charge on any atom is -0.466 e. The fourth-order valence-corrected chi connectivity index (χ4v) is 3.76. The smallest absolute Gasteiger partial charge is 0.309 e. The second-order valence-electron chi connectivity index (χ2n) is 6.88. The van der Waals surface area contributed by atoms with Gasteiger partial charge in [-0.25, -0.2) is 4.39 Å². The molecular formula is C22H21FN2O2. The molecule has 0 aliphatic heterocycles. The van der Waals surface area contributed by atoms with Crippen LogP contribution < -0.4 is 5.73 Å². The minimum absolute atomic E-state index is 0.155. The summed E-state index contributed by atoms with van der Waals surface area (Å²) in [6, 6.07) is 12.3. The van der Waals surface area contributed by atoms with E-state index in [4.69, 9.17) is 15.5 Å². The lowest BCUT2D eigenvalue weighted by molar-refractivity contribution is -0.148. The largest absolute Gasteiger partial charge is 0.466 e. The number of nitrogens with zero attached hydrogens (tertiary/aromatic N) is 1. The van der Waals surface area contributed by atoms with E-state index in [2.05, 4.69) is 0 Å². The van der Waals surface area contributed by atoms with Gasteiger partial charge in [0.25, 0.3) is 0 Å². The van der Waals surface area contributed by atoms with Crippen LogP contribution in [0.1, 0.15) is 24.6 Å². The highest BCUT2D eigenvalue weighted by Gasteiger charge is 2.28. The molecule has 1 atom stereocenters. The number of esters is 1. The van der Waals surface area contributed by atoms with Crippen LogP contribution in [0.3, 0.4) is 0 Å². The zero-order chi connectivity index (χ0) is 19.0. The van der Waals surface area contributed by atoms with Crippen LogP contribution >= 0.6 is 0 Å². The Morgan fingerprint density at radius 3 is 2.70 bits per heavy atom. The number of nitrogen functional groups attached to an aromatic ring is 1. The third kappa shape index (κ3) is 3.25. The van der Waals surface area contributed by atoms with Gasteiger partial charge in [-0.05, 0) is 61.1 Å². The number of rotatable bonds is 3. The molecular weight excluding hydrogens is 343 g/mol. The number of nitrogens with two attached hydrogens (primary N) is 1. The lowest BCUT2D eigenvalue weighted by Crippen LogP contribution is -2.26. The Balaban J connectivity index is 1.73. The summed E-state index contributed by atoms with van der Waals surface area (Å²) in [6.07, 6.45) is 2.00. The van der Waals surface area contributed by atoms with Gasteiger partial charge in [-0.1, -0.05) is 24.3 Å². The third-order valence-corrected chi connectivity index (χ3v) is 5.19. The van der Waals surface area contributed by atoms with Gasteiger partial charge in [0.1, 0.15) is 5.82 Å². The molecule has 0 radical (unpaired) electrons. The molecule has 0 spiro atoms. The Morgan fingerprint density at radius 1 is 1.22 bits per heavy atom. The second kappa shape index (κ2) is 6.99. The van der Waals surface area contributed by atoms with Crippen molar-refractivity contribution in [2.45, 2.75) is 26.2 Å².